The number of fused-ring (bicyclic) bond motifs is 1. The zero-order chi connectivity index (χ0) is 10.1. The van der Waals surface area contributed by atoms with E-state index in [9.17, 15) is 4.79 Å². The number of nitrogens with zero attached hydrogens (tertiary/aromatic N) is 1. The Bertz CT molecular complexity index is 490. The van der Waals surface area contributed by atoms with E-state index in [1.807, 2.05) is 25.1 Å². The van der Waals surface area contributed by atoms with Crippen LogP contribution in [0.1, 0.15) is 11.9 Å². The average molecular weight is 206 g/mol. The molecule has 4 heteroatoms. The number of amides is 1. The van der Waals surface area contributed by atoms with Crippen molar-refractivity contribution in [1.82, 2.24) is 4.98 Å². The number of hydrogen-bond donors (Lipinski definition) is 1. The van der Waals surface area contributed by atoms with Crippen molar-refractivity contribution in [1.29, 1.82) is 0 Å². The summed E-state index contributed by atoms with van der Waals surface area (Å²) < 4.78 is 1.11. The first kappa shape index (κ1) is 9.15. The number of carbonyl (C=O) groups is 1. The van der Waals surface area contributed by atoms with Crippen molar-refractivity contribution in [3.8, 4) is 0 Å². The quantitative estimate of drug-likeness (QED) is 0.779. The molecule has 0 aliphatic carbocycles. The number of rotatable bonds is 1. The minimum Gasteiger partial charge on any atom is -0.324 e. The van der Waals surface area contributed by atoms with Crippen LogP contribution < -0.4 is 5.32 Å². The summed E-state index contributed by atoms with van der Waals surface area (Å²) in [4.78, 5) is 15.3. The summed E-state index contributed by atoms with van der Waals surface area (Å²) in [5, 5.41) is 3.78. The molecule has 0 spiro atoms. The lowest BCUT2D eigenvalue weighted by Crippen LogP contribution is -2.05. The standard InChI is InChI=1S/C10H10N2OS/c1-6(13)11-8-4-3-5-9-10(8)12-7(2)14-9/h3-5H,1-2H3,(H,11,13). The van der Waals surface area contributed by atoms with E-state index in [-0.39, 0.29) is 5.91 Å². The Morgan fingerprint density at radius 3 is 3.00 bits per heavy atom. The van der Waals surface area contributed by atoms with Crippen LogP contribution in [0.15, 0.2) is 18.2 Å². The minimum absolute atomic E-state index is 0.0665. The van der Waals surface area contributed by atoms with Gasteiger partial charge in [0, 0.05) is 6.92 Å². The smallest absolute Gasteiger partial charge is 0.221 e. The molecular weight excluding hydrogens is 196 g/mol. The van der Waals surface area contributed by atoms with Gasteiger partial charge in [-0.3, -0.25) is 4.79 Å². The van der Waals surface area contributed by atoms with Crippen LogP contribution in [-0.2, 0) is 4.79 Å². The molecule has 2 rings (SSSR count). The van der Waals surface area contributed by atoms with Crippen molar-refractivity contribution in [3.05, 3.63) is 23.2 Å². The molecule has 0 radical (unpaired) electrons. The topological polar surface area (TPSA) is 42.0 Å². The summed E-state index contributed by atoms with van der Waals surface area (Å²) in [5.41, 5.74) is 1.67. The fourth-order valence-electron chi connectivity index (χ4n) is 1.35. The zero-order valence-corrected chi connectivity index (χ0v) is 8.81. The summed E-state index contributed by atoms with van der Waals surface area (Å²) >= 11 is 1.63. The van der Waals surface area contributed by atoms with E-state index in [4.69, 9.17) is 0 Å². The number of aromatic nitrogens is 1. The van der Waals surface area contributed by atoms with Crippen LogP contribution in [-0.4, -0.2) is 10.9 Å². The highest BCUT2D eigenvalue weighted by molar-refractivity contribution is 7.18. The van der Waals surface area contributed by atoms with Crippen LogP contribution in [0.5, 0.6) is 0 Å². The molecule has 3 nitrogen and oxygen atoms in total. The highest BCUT2D eigenvalue weighted by Gasteiger charge is 2.05. The molecule has 0 saturated carbocycles. The molecule has 1 aromatic heterocycles. The highest BCUT2D eigenvalue weighted by Crippen LogP contribution is 2.27. The lowest BCUT2D eigenvalue weighted by molar-refractivity contribution is -0.114. The van der Waals surface area contributed by atoms with Gasteiger partial charge in [0.1, 0.15) is 5.52 Å². The molecule has 0 fully saturated rings. The number of carbonyl (C=O) groups excluding carboxylic acids is 1. The number of anilines is 1. The van der Waals surface area contributed by atoms with Gasteiger partial charge in [-0.05, 0) is 19.1 Å². The number of nitrogens with one attached hydrogen (secondary N) is 1. The van der Waals surface area contributed by atoms with E-state index in [0.29, 0.717) is 0 Å². The van der Waals surface area contributed by atoms with Crippen molar-refractivity contribution in [2.75, 3.05) is 5.32 Å². The van der Waals surface area contributed by atoms with Crippen molar-refractivity contribution >= 4 is 33.1 Å². The third kappa shape index (κ3) is 1.61. The minimum atomic E-state index is -0.0665. The van der Waals surface area contributed by atoms with E-state index in [1.54, 1.807) is 11.3 Å². The monoisotopic (exact) mass is 206 g/mol. The second kappa shape index (κ2) is 3.38. The van der Waals surface area contributed by atoms with E-state index >= 15 is 0 Å². The molecular formula is C10H10N2OS. The van der Waals surface area contributed by atoms with Gasteiger partial charge in [-0.25, -0.2) is 4.98 Å². The number of para-hydroxylation sites is 1. The Hall–Kier alpha value is -1.42. The van der Waals surface area contributed by atoms with Gasteiger partial charge < -0.3 is 5.32 Å². The highest BCUT2D eigenvalue weighted by atomic mass is 32.1. The van der Waals surface area contributed by atoms with Crippen LogP contribution in [0, 0.1) is 6.92 Å². The lowest BCUT2D eigenvalue weighted by Gasteiger charge is -2.01. The van der Waals surface area contributed by atoms with Gasteiger partial charge in [0.05, 0.1) is 15.4 Å². The predicted molar refractivity (Wildman–Crippen MR) is 58.7 cm³/mol. The Morgan fingerprint density at radius 1 is 1.50 bits per heavy atom. The maximum atomic E-state index is 10.9. The lowest BCUT2D eigenvalue weighted by atomic mass is 10.3. The van der Waals surface area contributed by atoms with Crippen LogP contribution in [0.2, 0.25) is 0 Å². The van der Waals surface area contributed by atoms with Crippen molar-refractivity contribution in [3.63, 3.8) is 0 Å². The van der Waals surface area contributed by atoms with Gasteiger partial charge >= 0.3 is 0 Å². The molecule has 0 unspecified atom stereocenters. The fourth-order valence-corrected chi connectivity index (χ4v) is 2.20. The SMILES string of the molecule is CC(=O)Nc1cccc2sc(C)nc12. The zero-order valence-electron chi connectivity index (χ0n) is 8.00. The van der Waals surface area contributed by atoms with Gasteiger partial charge in [0.2, 0.25) is 5.91 Å². The maximum absolute atomic E-state index is 10.9. The Morgan fingerprint density at radius 2 is 2.29 bits per heavy atom. The normalized spacial score (nSPS) is 10.4. The van der Waals surface area contributed by atoms with Gasteiger partial charge in [-0.15, -0.1) is 11.3 Å². The van der Waals surface area contributed by atoms with Crippen molar-refractivity contribution in [2.24, 2.45) is 0 Å². The van der Waals surface area contributed by atoms with Crippen LogP contribution in [0.25, 0.3) is 10.2 Å². The first-order valence-electron chi connectivity index (χ1n) is 4.30. The third-order valence-electron chi connectivity index (χ3n) is 1.84. The molecule has 14 heavy (non-hydrogen) atoms. The Labute approximate surface area is 85.8 Å². The van der Waals surface area contributed by atoms with E-state index in [1.165, 1.54) is 6.92 Å². The van der Waals surface area contributed by atoms with Crippen LogP contribution in [0.3, 0.4) is 0 Å². The van der Waals surface area contributed by atoms with Crippen LogP contribution in [0.4, 0.5) is 5.69 Å². The molecule has 0 bridgehead atoms. The molecule has 1 aromatic carbocycles. The second-order valence-corrected chi connectivity index (χ2v) is 4.30. The first-order chi connectivity index (χ1) is 6.66. The fraction of sp³-hybridized carbons (Fsp3) is 0.200. The van der Waals surface area contributed by atoms with E-state index in [0.717, 1.165) is 20.9 Å². The first-order valence-corrected chi connectivity index (χ1v) is 5.12. The van der Waals surface area contributed by atoms with Gasteiger partial charge in [0.25, 0.3) is 0 Å². The molecule has 72 valence electrons. The van der Waals surface area contributed by atoms with Gasteiger partial charge in [0.15, 0.2) is 0 Å². The largest absolute Gasteiger partial charge is 0.324 e. The Kier molecular flexibility index (Phi) is 2.21. The molecule has 0 saturated heterocycles. The molecule has 0 atom stereocenters. The number of benzene rings is 1. The number of aryl methyl sites for hydroxylation is 1. The molecule has 1 heterocycles. The summed E-state index contributed by atoms with van der Waals surface area (Å²) in [5.74, 6) is -0.0665. The number of hydrogen-bond acceptors (Lipinski definition) is 3. The summed E-state index contributed by atoms with van der Waals surface area (Å²) in [6.45, 7) is 3.46. The van der Waals surface area contributed by atoms with Crippen LogP contribution >= 0.6 is 11.3 Å². The summed E-state index contributed by atoms with van der Waals surface area (Å²) in [7, 11) is 0. The molecule has 0 aliphatic heterocycles. The molecule has 1 N–H and O–H groups in total. The molecule has 1 amide bonds. The second-order valence-electron chi connectivity index (χ2n) is 3.07. The third-order valence-corrected chi connectivity index (χ3v) is 2.77. The Balaban J connectivity index is 2.58. The maximum Gasteiger partial charge on any atom is 0.221 e. The average Bonchev–Trinajstić information content (AvgIpc) is 2.45. The van der Waals surface area contributed by atoms with Crippen molar-refractivity contribution in [2.45, 2.75) is 13.8 Å². The molecule has 2 aromatic rings. The number of thiazole rings is 1. The van der Waals surface area contributed by atoms with Gasteiger partial charge in [-0.1, -0.05) is 6.07 Å². The molecule has 0 aliphatic rings. The van der Waals surface area contributed by atoms with Gasteiger partial charge in [-0.2, -0.15) is 0 Å². The van der Waals surface area contributed by atoms with E-state index in [2.05, 4.69) is 10.3 Å². The summed E-state index contributed by atoms with van der Waals surface area (Å²) in [6.07, 6.45) is 0. The van der Waals surface area contributed by atoms with Crippen molar-refractivity contribution < 1.29 is 4.79 Å². The predicted octanol–water partition coefficient (Wildman–Crippen LogP) is 2.56. The van der Waals surface area contributed by atoms with E-state index < -0.39 is 0 Å². The summed E-state index contributed by atoms with van der Waals surface area (Å²) in [6, 6.07) is 5.79.